The van der Waals surface area contributed by atoms with Crippen molar-refractivity contribution in [2.24, 2.45) is 0 Å². The van der Waals surface area contributed by atoms with Crippen molar-refractivity contribution in [1.82, 2.24) is 0 Å². The Labute approximate surface area is 47.6 Å². The van der Waals surface area contributed by atoms with E-state index in [0.29, 0.717) is 0 Å². The molecule has 0 amide bonds. The molecule has 0 atom stereocenters. The summed E-state index contributed by atoms with van der Waals surface area (Å²) >= 11 is 2.68. The van der Waals surface area contributed by atoms with Gasteiger partial charge in [-0.05, 0) is 0 Å². The summed E-state index contributed by atoms with van der Waals surface area (Å²) < 4.78 is 0. The Morgan fingerprint density at radius 2 is 1.75 bits per heavy atom. The first-order valence-corrected chi connectivity index (χ1v) is 0.933. The van der Waals surface area contributed by atoms with Gasteiger partial charge in [-0.2, -0.15) is 0 Å². The fourth-order valence-electron chi connectivity index (χ4n) is 0. The summed E-state index contributed by atoms with van der Waals surface area (Å²) in [6.45, 7) is 0. The van der Waals surface area contributed by atoms with E-state index >= 15 is 0 Å². The van der Waals surface area contributed by atoms with Gasteiger partial charge in [-0.25, -0.2) is 0 Å². The van der Waals surface area contributed by atoms with Crippen LogP contribution < -0.4 is 0 Å². The van der Waals surface area contributed by atoms with E-state index in [-0.39, 0.29) is 22.4 Å². The maximum Gasteiger partial charge on any atom is 0 e. The van der Waals surface area contributed by atoms with Gasteiger partial charge in [-0.3, -0.25) is 0 Å². The fourth-order valence-corrected chi connectivity index (χ4v) is 0. The second-order valence-corrected chi connectivity index (χ2v) is 0.298. The molecule has 0 saturated carbocycles. The third kappa shape index (κ3) is 13.6. The van der Waals surface area contributed by atoms with Gasteiger partial charge in [0.1, 0.15) is 0 Å². The molecule has 0 aliphatic rings. The molecule has 0 N–H and O–H groups in total. The third-order valence-electron chi connectivity index (χ3n) is 0. The SMILES string of the molecule is O=[C]=[Fe].[Ag]. The molecule has 0 aliphatic carbocycles. The Bertz CT molecular complexity index is 29.0. The molecule has 0 heterocycles. The molecule has 29 valence electrons. The molecule has 0 aromatic rings. The normalized spacial score (nSPS) is 2.25. The summed E-state index contributed by atoms with van der Waals surface area (Å²) in [7, 11) is 0. The Kier molecular flexibility index (Phi) is 20.2. The smallest absolute Gasteiger partial charge is 0 e. The average Bonchev–Trinajstić information content (AvgIpc) is 0.918. The summed E-state index contributed by atoms with van der Waals surface area (Å²) in [4.78, 5) is 9.82. The molecule has 0 unspecified atom stereocenters. The Hall–Kier alpha value is 0.840. The van der Waals surface area contributed by atoms with E-state index in [1.54, 1.807) is 0 Å². The van der Waals surface area contributed by atoms with Crippen LogP contribution in [-0.2, 0) is 42.8 Å². The van der Waals surface area contributed by atoms with Crippen LogP contribution in [0.5, 0.6) is 0 Å². The predicted molar refractivity (Wildman–Crippen MR) is 5.69 cm³/mol. The Balaban J connectivity index is 0. The molecular formula is CAgFeO. The molecule has 0 spiro atoms. The van der Waals surface area contributed by atoms with E-state index in [1.807, 2.05) is 0 Å². The van der Waals surface area contributed by atoms with Gasteiger partial charge in [-0.15, -0.1) is 0 Å². The van der Waals surface area contributed by atoms with Crippen LogP contribution in [0.25, 0.3) is 0 Å². The number of rotatable bonds is 0. The summed E-state index contributed by atoms with van der Waals surface area (Å²) in [5.74, 6) is 0. The minimum atomic E-state index is 0. The first-order valence-electron chi connectivity index (χ1n) is 0.381. The van der Waals surface area contributed by atoms with Crippen LogP contribution >= 0.6 is 0 Å². The molecule has 1 nitrogen and oxygen atoms in total. The number of hydrogen-bond acceptors (Lipinski definition) is 1. The van der Waals surface area contributed by atoms with E-state index in [1.165, 1.54) is 4.79 Å². The average molecular weight is 192 g/mol. The van der Waals surface area contributed by atoms with Crippen molar-refractivity contribution in [2.45, 2.75) is 0 Å². The van der Waals surface area contributed by atoms with Crippen molar-refractivity contribution >= 4 is 4.79 Å². The standard InChI is InChI=1S/CO.Ag.Fe/c1-2;;. The zero-order chi connectivity index (χ0) is 2.71. The van der Waals surface area contributed by atoms with Crippen LogP contribution in [0.4, 0.5) is 0 Å². The van der Waals surface area contributed by atoms with E-state index < -0.39 is 0 Å². The molecule has 0 fully saturated rings. The molecule has 0 aromatic heterocycles. The molecule has 1 radical (unpaired) electrons. The molecule has 0 aromatic carbocycles. The molecule has 3 heteroatoms. The molecule has 0 aliphatic heterocycles. The second kappa shape index (κ2) is 9.15. The van der Waals surface area contributed by atoms with Crippen molar-refractivity contribution in [3.8, 4) is 0 Å². The topological polar surface area (TPSA) is 17.1 Å². The number of carbonyl (C=O) groups excluding carboxylic acids is 1. The maximum atomic E-state index is 8.57. The predicted octanol–water partition coefficient (Wildman–Crippen LogP) is -0.402. The van der Waals surface area contributed by atoms with Crippen LogP contribution in [0.2, 0.25) is 0 Å². The van der Waals surface area contributed by atoms with E-state index in [9.17, 15) is 0 Å². The van der Waals surface area contributed by atoms with Gasteiger partial charge in [-0.1, -0.05) is 0 Å². The molecule has 0 rings (SSSR count). The van der Waals surface area contributed by atoms with Crippen LogP contribution in [0.3, 0.4) is 0 Å². The van der Waals surface area contributed by atoms with Crippen LogP contribution in [0, 0.1) is 0 Å². The third-order valence-corrected chi connectivity index (χ3v) is 0. The molecule has 0 bridgehead atoms. The van der Waals surface area contributed by atoms with Gasteiger partial charge in [0.25, 0.3) is 0 Å². The van der Waals surface area contributed by atoms with Crippen molar-refractivity contribution in [3.05, 3.63) is 0 Å². The fraction of sp³-hybridized carbons (Fsp3) is 0. The number of hydrogen-bond donors (Lipinski definition) is 0. The van der Waals surface area contributed by atoms with Crippen molar-refractivity contribution in [2.75, 3.05) is 0 Å². The second-order valence-electron chi connectivity index (χ2n) is 0.0722. The zero-order valence-corrected chi connectivity index (χ0v) is 4.15. The van der Waals surface area contributed by atoms with E-state index in [2.05, 4.69) is 15.6 Å². The quantitative estimate of drug-likeness (QED) is 0.477. The minimum Gasteiger partial charge on any atom is 0 e. The largest absolute Gasteiger partial charge is 0 e. The van der Waals surface area contributed by atoms with Crippen LogP contribution in [0.1, 0.15) is 0 Å². The van der Waals surface area contributed by atoms with Crippen molar-refractivity contribution in [3.63, 3.8) is 0 Å². The van der Waals surface area contributed by atoms with E-state index in [0.717, 1.165) is 0 Å². The Morgan fingerprint density at radius 1 is 1.75 bits per heavy atom. The minimum absolute atomic E-state index is 0. The molecule has 4 heavy (non-hydrogen) atoms. The van der Waals surface area contributed by atoms with Gasteiger partial charge in [0.05, 0.1) is 0 Å². The maximum absolute atomic E-state index is 8.57. The first-order chi connectivity index (χ1) is 1.41. The molecular weight excluding hydrogens is 192 g/mol. The summed E-state index contributed by atoms with van der Waals surface area (Å²) in [6.07, 6.45) is 0. The van der Waals surface area contributed by atoms with Gasteiger partial charge < -0.3 is 0 Å². The van der Waals surface area contributed by atoms with Gasteiger partial charge >= 0.3 is 25.2 Å². The van der Waals surface area contributed by atoms with Gasteiger partial charge in [0.15, 0.2) is 0 Å². The van der Waals surface area contributed by atoms with Gasteiger partial charge in [0.2, 0.25) is 0 Å². The first kappa shape index (κ1) is 8.85. The van der Waals surface area contributed by atoms with Gasteiger partial charge in [0, 0.05) is 22.4 Å². The van der Waals surface area contributed by atoms with E-state index in [4.69, 9.17) is 4.79 Å². The molecule has 0 saturated heterocycles. The summed E-state index contributed by atoms with van der Waals surface area (Å²) in [6, 6.07) is 0. The summed E-state index contributed by atoms with van der Waals surface area (Å²) in [5.41, 5.74) is 0. The van der Waals surface area contributed by atoms with Crippen LogP contribution in [0.15, 0.2) is 0 Å². The summed E-state index contributed by atoms with van der Waals surface area (Å²) in [5, 5.41) is 0. The van der Waals surface area contributed by atoms with Crippen molar-refractivity contribution in [1.29, 1.82) is 0 Å². The Morgan fingerprint density at radius 3 is 1.75 bits per heavy atom. The monoisotopic (exact) mass is 191 g/mol. The zero-order valence-electron chi connectivity index (χ0n) is 1.56. The van der Waals surface area contributed by atoms with Crippen molar-refractivity contribution < 1.29 is 42.8 Å². The van der Waals surface area contributed by atoms with Crippen LogP contribution in [-0.4, -0.2) is 4.79 Å².